The van der Waals surface area contributed by atoms with Crippen molar-refractivity contribution in [2.24, 2.45) is 0 Å². The van der Waals surface area contributed by atoms with Gasteiger partial charge in [0.15, 0.2) is 0 Å². The predicted octanol–water partition coefficient (Wildman–Crippen LogP) is 23.3. The van der Waals surface area contributed by atoms with Gasteiger partial charge in [0.1, 0.15) is 0 Å². The summed E-state index contributed by atoms with van der Waals surface area (Å²) in [4.78, 5) is 24.6. The first-order chi connectivity index (χ1) is 39.0. The average Bonchev–Trinajstić information content (AvgIpc) is 3.45. The first-order valence-corrected chi connectivity index (χ1v) is 36.1. The molecule has 2 unspecified atom stereocenters. The molecule has 0 aliphatic carbocycles. The Bertz CT molecular complexity index is 1230. The van der Waals surface area contributed by atoms with E-state index in [0.717, 1.165) is 44.9 Å². The molecule has 0 aromatic carbocycles. The van der Waals surface area contributed by atoms with Crippen LogP contribution < -0.4 is 5.32 Å². The molecule has 0 rings (SSSR count). The Morgan fingerprint density at radius 3 is 0.924 bits per heavy atom. The largest absolute Gasteiger partial charge is 0.466 e. The van der Waals surface area contributed by atoms with Gasteiger partial charge in [0.25, 0.3) is 0 Å². The zero-order chi connectivity index (χ0) is 57.1. The smallest absolute Gasteiger partial charge is 0.305 e. The van der Waals surface area contributed by atoms with Crippen LogP contribution in [0, 0.1) is 0 Å². The van der Waals surface area contributed by atoms with Crippen LogP contribution in [0.1, 0.15) is 406 Å². The van der Waals surface area contributed by atoms with Crippen molar-refractivity contribution in [1.82, 2.24) is 5.32 Å². The Labute approximate surface area is 494 Å². The van der Waals surface area contributed by atoms with E-state index in [1.165, 1.54) is 327 Å². The zero-order valence-corrected chi connectivity index (χ0v) is 53.6. The Hall–Kier alpha value is -1.66. The maximum Gasteiger partial charge on any atom is 0.305 e. The number of carbonyl (C=O) groups excluding carboxylic acids is 2. The van der Waals surface area contributed by atoms with Crippen molar-refractivity contribution in [1.29, 1.82) is 0 Å². The van der Waals surface area contributed by atoms with Crippen LogP contribution in [0.5, 0.6) is 0 Å². The van der Waals surface area contributed by atoms with Crippen molar-refractivity contribution in [2.75, 3.05) is 13.2 Å². The fraction of sp³-hybridized carbons (Fsp3) is 0.918. The lowest BCUT2D eigenvalue weighted by molar-refractivity contribution is -0.143. The summed E-state index contributed by atoms with van der Waals surface area (Å²) in [6.07, 6.45) is 86.6. The molecule has 0 spiro atoms. The Morgan fingerprint density at radius 1 is 0.342 bits per heavy atom. The lowest BCUT2D eigenvalue weighted by atomic mass is 10.0. The molecule has 0 aliphatic heterocycles. The maximum absolute atomic E-state index is 12.6. The van der Waals surface area contributed by atoms with Crippen LogP contribution in [0.3, 0.4) is 0 Å². The second-order valence-corrected chi connectivity index (χ2v) is 24.9. The van der Waals surface area contributed by atoms with Gasteiger partial charge in [-0.15, -0.1) is 0 Å². The second kappa shape index (κ2) is 68.8. The summed E-state index contributed by atoms with van der Waals surface area (Å²) in [7, 11) is 0. The minimum Gasteiger partial charge on any atom is -0.466 e. The third-order valence-electron chi connectivity index (χ3n) is 17.0. The van der Waals surface area contributed by atoms with Crippen LogP contribution in [0.4, 0.5) is 0 Å². The van der Waals surface area contributed by atoms with E-state index in [0.29, 0.717) is 25.9 Å². The molecule has 6 nitrogen and oxygen atoms in total. The normalized spacial score (nSPS) is 12.6. The first kappa shape index (κ1) is 77.3. The third kappa shape index (κ3) is 65.4. The lowest BCUT2D eigenvalue weighted by Crippen LogP contribution is -2.45. The number of nitrogens with one attached hydrogen (secondary N) is 1. The van der Waals surface area contributed by atoms with Gasteiger partial charge in [0.05, 0.1) is 25.4 Å². The number of rotatable bonds is 68. The van der Waals surface area contributed by atoms with E-state index in [2.05, 4.69) is 43.5 Å². The number of allylic oxidation sites excluding steroid dienone is 4. The van der Waals surface area contributed by atoms with Crippen molar-refractivity contribution in [3.8, 4) is 0 Å². The summed E-state index contributed by atoms with van der Waals surface area (Å²) in [5.41, 5.74) is 0. The zero-order valence-electron chi connectivity index (χ0n) is 53.6. The predicted molar refractivity (Wildman–Crippen MR) is 347 cm³/mol. The molecule has 3 N–H and O–H groups in total. The summed E-state index contributed by atoms with van der Waals surface area (Å²) in [5, 5.41) is 23.4. The topological polar surface area (TPSA) is 95.9 Å². The Morgan fingerprint density at radius 2 is 0.595 bits per heavy atom. The summed E-state index contributed by atoms with van der Waals surface area (Å²) in [5.74, 6) is -0.0252. The minimum atomic E-state index is -0.666. The maximum atomic E-state index is 12.6. The van der Waals surface area contributed by atoms with Crippen molar-refractivity contribution in [2.45, 2.75) is 418 Å². The highest BCUT2D eigenvalue weighted by atomic mass is 16.5. The number of aliphatic hydroxyl groups is 2. The van der Waals surface area contributed by atoms with Crippen LogP contribution in [0.15, 0.2) is 24.3 Å². The van der Waals surface area contributed by atoms with Crippen LogP contribution in [-0.2, 0) is 14.3 Å². The summed E-state index contributed by atoms with van der Waals surface area (Å²) >= 11 is 0. The van der Waals surface area contributed by atoms with Crippen molar-refractivity contribution >= 4 is 11.9 Å². The van der Waals surface area contributed by atoms with Gasteiger partial charge in [-0.3, -0.25) is 9.59 Å². The van der Waals surface area contributed by atoms with Crippen molar-refractivity contribution in [3.05, 3.63) is 24.3 Å². The van der Waals surface area contributed by atoms with Gasteiger partial charge in [0, 0.05) is 12.8 Å². The molecule has 6 heteroatoms. The summed E-state index contributed by atoms with van der Waals surface area (Å²) < 4.78 is 5.47. The van der Waals surface area contributed by atoms with E-state index in [1.54, 1.807) is 0 Å². The molecule has 0 aromatic rings. The number of amides is 1. The van der Waals surface area contributed by atoms with Gasteiger partial charge in [-0.1, -0.05) is 340 Å². The highest BCUT2D eigenvalue weighted by molar-refractivity contribution is 5.76. The molecule has 0 aromatic heterocycles. The molecule has 0 heterocycles. The molecule has 0 bridgehead atoms. The summed E-state index contributed by atoms with van der Waals surface area (Å²) in [6.45, 7) is 4.97. The number of hydrogen-bond acceptors (Lipinski definition) is 5. The highest BCUT2D eigenvalue weighted by Gasteiger charge is 2.20. The first-order valence-electron chi connectivity index (χ1n) is 36.1. The van der Waals surface area contributed by atoms with Crippen LogP contribution >= 0.6 is 0 Å². The molecule has 0 saturated carbocycles. The van der Waals surface area contributed by atoms with Crippen molar-refractivity contribution in [3.63, 3.8) is 0 Å². The van der Waals surface area contributed by atoms with Gasteiger partial charge in [0.2, 0.25) is 5.91 Å². The Kier molecular flexibility index (Phi) is 67.4. The van der Waals surface area contributed by atoms with E-state index in [4.69, 9.17) is 4.74 Å². The lowest BCUT2D eigenvalue weighted by Gasteiger charge is -2.22. The molecular formula is C73H141NO5. The van der Waals surface area contributed by atoms with Gasteiger partial charge in [-0.25, -0.2) is 0 Å². The van der Waals surface area contributed by atoms with E-state index in [9.17, 15) is 19.8 Å². The SMILES string of the molecule is CCCCC/C=C\CCCCCCCC(=O)OCCCCCCCCCCCCCC/C=C\CCCCCCCCCCCCCC(=O)NC(CO)C(O)CCCCCCCCCCCCCCCCCCCCCCCCC. The second-order valence-electron chi connectivity index (χ2n) is 24.9. The molecular weight excluding hydrogens is 971 g/mol. The summed E-state index contributed by atoms with van der Waals surface area (Å²) in [6, 6.07) is -0.543. The fourth-order valence-corrected chi connectivity index (χ4v) is 11.5. The Balaban J connectivity index is 3.39. The molecule has 0 saturated heterocycles. The van der Waals surface area contributed by atoms with E-state index in [1.807, 2.05) is 0 Å². The van der Waals surface area contributed by atoms with E-state index >= 15 is 0 Å². The third-order valence-corrected chi connectivity index (χ3v) is 17.0. The number of esters is 1. The van der Waals surface area contributed by atoms with E-state index in [-0.39, 0.29) is 18.5 Å². The number of hydrogen-bond donors (Lipinski definition) is 3. The highest BCUT2D eigenvalue weighted by Crippen LogP contribution is 2.19. The van der Waals surface area contributed by atoms with Crippen LogP contribution in [0.25, 0.3) is 0 Å². The standard InChI is InChI=1S/C73H141NO5/c1-3-5-7-9-11-13-15-17-18-19-20-21-27-30-33-36-39-42-45-49-53-57-61-65-71(76)70(69-75)74-72(77)66-62-58-54-50-46-43-40-37-34-31-28-25-23-22-24-26-29-32-35-38-41-44-48-52-56-60-64-68-79-73(78)67-63-59-55-51-47-16-14-12-10-8-6-4-2/h12,14,22-23,70-71,75-76H,3-11,13,15-21,24-69H2,1-2H3,(H,74,77)/b14-12-,23-22-. The monoisotopic (exact) mass is 1110 g/mol. The van der Waals surface area contributed by atoms with Gasteiger partial charge in [-0.05, 0) is 77.0 Å². The molecule has 79 heavy (non-hydrogen) atoms. The molecule has 0 radical (unpaired) electrons. The number of ether oxygens (including phenoxy) is 1. The molecule has 468 valence electrons. The number of aliphatic hydroxyl groups excluding tert-OH is 2. The molecule has 0 aliphatic rings. The number of unbranched alkanes of at least 4 members (excludes halogenated alkanes) is 53. The number of carbonyl (C=O) groups is 2. The molecule has 0 fully saturated rings. The van der Waals surface area contributed by atoms with Crippen LogP contribution in [-0.4, -0.2) is 47.4 Å². The van der Waals surface area contributed by atoms with Gasteiger partial charge in [-0.2, -0.15) is 0 Å². The average molecular weight is 1110 g/mol. The van der Waals surface area contributed by atoms with Gasteiger partial charge < -0.3 is 20.3 Å². The van der Waals surface area contributed by atoms with Crippen LogP contribution in [0.2, 0.25) is 0 Å². The van der Waals surface area contributed by atoms with E-state index < -0.39 is 12.1 Å². The minimum absolute atomic E-state index is 0.00575. The molecule has 1 amide bonds. The van der Waals surface area contributed by atoms with Gasteiger partial charge >= 0.3 is 5.97 Å². The van der Waals surface area contributed by atoms with Crippen molar-refractivity contribution < 1.29 is 24.5 Å². The quantitative estimate of drug-likeness (QED) is 0.0320. The fourth-order valence-electron chi connectivity index (χ4n) is 11.5. The molecule has 2 atom stereocenters.